The van der Waals surface area contributed by atoms with Crippen molar-refractivity contribution in [3.8, 4) is 11.5 Å². The van der Waals surface area contributed by atoms with E-state index in [4.69, 9.17) is 9.47 Å². The van der Waals surface area contributed by atoms with Crippen LogP contribution in [-0.4, -0.2) is 48.5 Å². The van der Waals surface area contributed by atoms with Crippen molar-refractivity contribution in [1.82, 2.24) is 15.2 Å². The normalized spacial score (nSPS) is 14.2. The number of H-pyrrole nitrogens is 1. The van der Waals surface area contributed by atoms with E-state index in [0.29, 0.717) is 30.2 Å². The molecule has 0 unspecified atom stereocenters. The second-order valence-corrected chi connectivity index (χ2v) is 8.43. The summed E-state index contributed by atoms with van der Waals surface area (Å²) in [4.78, 5) is 31.8. The fourth-order valence-corrected chi connectivity index (χ4v) is 4.23. The van der Waals surface area contributed by atoms with Crippen molar-refractivity contribution in [3.05, 3.63) is 59.3 Å². The predicted octanol–water partition coefficient (Wildman–Crippen LogP) is 3.52. The van der Waals surface area contributed by atoms with Gasteiger partial charge in [-0.3, -0.25) is 9.59 Å². The van der Waals surface area contributed by atoms with Crippen molar-refractivity contribution in [1.29, 1.82) is 0 Å². The van der Waals surface area contributed by atoms with Gasteiger partial charge in [0.25, 0.3) is 5.91 Å². The number of hydrogen-bond acceptors (Lipinski definition) is 4. The van der Waals surface area contributed by atoms with E-state index in [0.717, 1.165) is 22.9 Å². The average molecular weight is 436 g/mol. The Morgan fingerprint density at radius 2 is 1.75 bits per heavy atom. The summed E-state index contributed by atoms with van der Waals surface area (Å²) < 4.78 is 10.5. The highest BCUT2D eigenvalue weighted by Gasteiger charge is 2.32. The molecule has 7 heteroatoms. The summed E-state index contributed by atoms with van der Waals surface area (Å²) in [5.41, 5.74) is 3.82. The Kier molecular flexibility index (Phi) is 6.08. The van der Waals surface area contributed by atoms with Crippen LogP contribution in [0.1, 0.15) is 35.5 Å². The lowest BCUT2D eigenvalue weighted by Crippen LogP contribution is -2.52. The number of aromatic amines is 1. The number of carbonyl (C=O) groups is 2. The van der Waals surface area contributed by atoms with E-state index in [1.54, 1.807) is 18.2 Å². The van der Waals surface area contributed by atoms with Gasteiger partial charge in [-0.2, -0.15) is 0 Å². The number of para-hydroxylation sites is 1. The number of carbonyl (C=O) groups excluding carboxylic acids is 2. The lowest BCUT2D eigenvalue weighted by atomic mass is 9.99. The number of methoxy groups -OCH3 is 2. The Hall–Kier alpha value is -3.48. The van der Waals surface area contributed by atoms with Gasteiger partial charge >= 0.3 is 0 Å². The van der Waals surface area contributed by atoms with Crippen molar-refractivity contribution in [2.45, 2.75) is 32.9 Å². The van der Waals surface area contributed by atoms with Crippen LogP contribution in [0.4, 0.5) is 0 Å². The van der Waals surface area contributed by atoms with Crippen molar-refractivity contribution in [2.24, 2.45) is 5.92 Å². The first-order chi connectivity index (χ1) is 15.4. The molecule has 32 heavy (non-hydrogen) atoms. The first-order valence-corrected chi connectivity index (χ1v) is 10.8. The van der Waals surface area contributed by atoms with E-state index < -0.39 is 6.04 Å². The number of nitrogens with zero attached hydrogens (tertiary/aromatic N) is 1. The van der Waals surface area contributed by atoms with Gasteiger partial charge in [0.2, 0.25) is 5.91 Å². The average Bonchev–Trinajstić information content (AvgIpc) is 3.19. The van der Waals surface area contributed by atoms with E-state index in [9.17, 15) is 9.59 Å². The third kappa shape index (κ3) is 4.15. The molecule has 168 valence electrons. The number of nitrogens with one attached hydrogen (secondary N) is 2. The summed E-state index contributed by atoms with van der Waals surface area (Å²) in [5, 5.41) is 4.09. The van der Waals surface area contributed by atoms with Crippen molar-refractivity contribution in [2.75, 3.05) is 20.8 Å². The minimum atomic E-state index is -0.633. The van der Waals surface area contributed by atoms with Crippen LogP contribution in [0.15, 0.2) is 42.5 Å². The van der Waals surface area contributed by atoms with Crippen LogP contribution >= 0.6 is 0 Å². The van der Waals surface area contributed by atoms with Crippen LogP contribution in [0.5, 0.6) is 11.5 Å². The number of ether oxygens (including phenoxy) is 2. The standard InChI is InChI=1S/C25H29N3O4/c1-15(2)23(27-24(29)16-11-17(31-3)13-18(12-16)32-4)25(30)28-10-9-22-20(14-28)19-7-5-6-8-21(19)26-22/h5-8,11-13,15,23,26H,9-10,14H2,1-4H3,(H,27,29)/t23-/m1/s1. The molecule has 2 aromatic carbocycles. The third-order valence-electron chi connectivity index (χ3n) is 6.03. The van der Waals surface area contributed by atoms with Gasteiger partial charge < -0.3 is 24.7 Å². The fourth-order valence-electron chi connectivity index (χ4n) is 4.23. The maximum atomic E-state index is 13.5. The topological polar surface area (TPSA) is 83.7 Å². The van der Waals surface area contributed by atoms with E-state index in [2.05, 4.69) is 22.4 Å². The highest BCUT2D eigenvalue weighted by Crippen LogP contribution is 2.28. The zero-order valence-electron chi connectivity index (χ0n) is 18.9. The quantitative estimate of drug-likeness (QED) is 0.621. The molecule has 1 aliphatic rings. The first-order valence-electron chi connectivity index (χ1n) is 10.8. The van der Waals surface area contributed by atoms with Crippen LogP contribution in [0.25, 0.3) is 10.9 Å². The van der Waals surface area contributed by atoms with E-state index in [-0.39, 0.29) is 17.7 Å². The van der Waals surface area contributed by atoms with Crippen LogP contribution in [0.2, 0.25) is 0 Å². The fraction of sp³-hybridized carbons (Fsp3) is 0.360. The Balaban J connectivity index is 1.54. The molecule has 0 saturated heterocycles. The summed E-state index contributed by atoms with van der Waals surface area (Å²) in [7, 11) is 3.07. The largest absolute Gasteiger partial charge is 0.497 e. The monoisotopic (exact) mass is 435 g/mol. The highest BCUT2D eigenvalue weighted by atomic mass is 16.5. The molecule has 3 aromatic rings. The summed E-state index contributed by atoms with van der Waals surface area (Å²) in [6, 6.07) is 12.5. The molecule has 0 aliphatic carbocycles. The summed E-state index contributed by atoms with van der Waals surface area (Å²) in [6.07, 6.45) is 0.765. The highest BCUT2D eigenvalue weighted by molar-refractivity contribution is 5.98. The Morgan fingerprint density at radius 3 is 2.41 bits per heavy atom. The van der Waals surface area contributed by atoms with Gasteiger partial charge in [-0.1, -0.05) is 32.0 Å². The Bertz CT molecular complexity index is 1130. The zero-order valence-corrected chi connectivity index (χ0v) is 18.9. The summed E-state index contributed by atoms with van der Waals surface area (Å²) in [6.45, 7) is 5.03. The van der Waals surface area contributed by atoms with Gasteiger partial charge in [0, 0.05) is 53.3 Å². The molecular weight excluding hydrogens is 406 g/mol. The van der Waals surface area contributed by atoms with E-state index in [1.807, 2.05) is 30.9 Å². The second-order valence-electron chi connectivity index (χ2n) is 8.43. The molecule has 0 spiro atoms. The van der Waals surface area contributed by atoms with Gasteiger partial charge in [0.1, 0.15) is 17.5 Å². The number of benzene rings is 2. The van der Waals surface area contributed by atoms with Crippen LogP contribution in [-0.2, 0) is 17.8 Å². The van der Waals surface area contributed by atoms with Gasteiger partial charge in [-0.05, 0) is 24.1 Å². The first kappa shape index (κ1) is 21.7. The van der Waals surface area contributed by atoms with Gasteiger partial charge in [-0.15, -0.1) is 0 Å². The van der Waals surface area contributed by atoms with Crippen LogP contribution < -0.4 is 14.8 Å². The molecule has 0 saturated carbocycles. The second kappa shape index (κ2) is 8.94. The molecule has 0 radical (unpaired) electrons. The lowest BCUT2D eigenvalue weighted by molar-refractivity contribution is -0.135. The maximum absolute atomic E-state index is 13.5. The summed E-state index contributed by atoms with van der Waals surface area (Å²) >= 11 is 0. The Labute approximate surface area is 187 Å². The predicted molar refractivity (Wildman–Crippen MR) is 123 cm³/mol. The number of hydrogen-bond donors (Lipinski definition) is 2. The Morgan fingerprint density at radius 1 is 1.06 bits per heavy atom. The molecule has 7 nitrogen and oxygen atoms in total. The minimum absolute atomic E-state index is 0.0664. The molecule has 1 aromatic heterocycles. The van der Waals surface area contributed by atoms with Gasteiger partial charge in [-0.25, -0.2) is 0 Å². The van der Waals surface area contributed by atoms with Crippen molar-refractivity contribution < 1.29 is 19.1 Å². The minimum Gasteiger partial charge on any atom is -0.497 e. The van der Waals surface area contributed by atoms with Crippen LogP contribution in [0.3, 0.4) is 0 Å². The number of rotatable bonds is 6. The SMILES string of the molecule is COc1cc(OC)cc(C(=O)N[C@@H](C(=O)N2CCc3[nH]c4ccccc4c3C2)C(C)C)c1. The number of amides is 2. The molecule has 1 atom stereocenters. The zero-order chi connectivity index (χ0) is 22.8. The number of aromatic nitrogens is 1. The third-order valence-corrected chi connectivity index (χ3v) is 6.03. The molecule has 0 fully saturated rings. The molecule has 0 bridgehead atoms. The number of fused-ring (bicyclic) bond motifs is 3. The lowest BCUT2D eigenvalue weighted by Gasteiger charge is -2.32. The van der Waals surface area contributed by atoms with Crippen LogP contribution in [0, 0.1) is 5.92 Å². The van der Waals surface area contributed by atoms with Crippen molar-refractivity contribution >= 4 is 22.7 Å². The molecular formula is C25H29N3O4. The molecule has 4 rings (SSSR count). The molecule has 2 heterocycles. The molecule has 2 N–H and O–H groups in total. The van der Waals surface area contributed by atoms with Gasteiger partial charge in [0.05, 0.1) is 14.2 Å². The summed E-state index contributed by atoms with van der Waals surface area (Å²) in [5.74, 6) is 0.566. The van der Waals surface area contributed by atoms with Gasteiger partial charge in [0.15, 0.2) is 0 Å². The molecule has 1 aliphatic heterocycles. The van der Waals surface area contributed by atoms with E-state index >= 15 is 0 Å². The molecule has 2 amide bonds. The smallest absolute Gasteiger partial charge is 0.252 e. The van der Waals surface area contributed by atoms with Crippen molar-refractivity contribution in [3.63, 3.8) is 0 Å². The maximum Gasteiger partial charge on any atom is 0.252 e. The van der Waals surface area contributed by atoms with E-state index in [1.165, 1.54) is 19.9 Å².